The van der Waals surface area contributed by atoms with E-state index in [1.165, 1.54) is 0 Å². The van der Waals surface area contributed by atoms with Crippen molar-refractivity contribution >= 4 is 40.8 Å². The lowest BCUT2D eigenvalue weighted by molar-refractivity contribution is -0.684. The predicted octanol–water partition coefficient (Wildman–Crippen LogP) is -1.36. The topological polar surface area (TPSA) is 113 Å². The van der Waals surface area contributed by atoms with Gasteiger partial charge in [0.05, 0.1) is 41.2 Å². The van der Waals surface area contributed by atoms with E-state index in [2.05, 4.69) is 11.1 Å². The zero-order valence-corrected chi connectivity index (χ0v) is 12.9. The molecule has 0 heterocycles. The fraction of sp³-hybridized carbons (Fsp3) is 0.385. The van der Waals surface area contributed by atoms with E-state index in [0.717, 1.165) is 6.42 Å². The van der Waals surface area contributed by atoms with Crippen molar-refractivity contribution in [3.8, 4) is 0 Å². The molecule has 116 valence electrons. The first-order valence-corrected chi connectivity index (χ1v) is 7.28. The number of carbonyl (C=O) groups excluding carboxylic acids is 2. The molecule has 1 aromatic carbocycles. The summed E-state index contributed by atoms with van der Waals surface area (Å²) in [5.74, 6) is -1.73. The van der Waals surface area contributed by atoms with E-state index in [4.69, 9.17) is 23.2 Å². The molecule has 0 radical (unpaired) electrons. The number of rotatable bonds is 8. The van der Waals surface area contributed by atoms with Gasteiger partial charge in [-0.05, 0) is 12.1 Å². The smallest absolute Gasteiger partial charge is 0.230 e. The summed E-state index contributed by atoms with van der Waals surface area (Å²) in [7, 11) is 0. The molecule has 6 N–H and O–H groups in total. The molecule has 0 unspecified atom stereocenters. The first-order chi connectivity index (χ1) is 9.95. The highest BCUT2D eigenvalue weighted by molar-refractivity contribution is 6.43. The zero-order chi connectivity index (χ0) is 15.8. The SMILES string of the molecule is [NH3+]CCC[NH2+][C@H](CC(=O)Nc1cccc(Cl)c1Cl)C(=O)[O-]. The molecule has 6 nitrogen and oxygen atoms in total. The summed E-state index contributed by atoms with van der Waals surface area (Å²) < 4.78 is 0. The van der Waals surface area contributed by atoms with Crippen LogP contribution >= 0.6 is 23.2 Å². The maximum Gasteiger partial charge on any atom is 0.230 e. The third-order valence-electron chi connectivity index (χ3n) is 2.84. The number of carbonyl (C=O) groups is 2. The Hall–Kier alpha value is -1.34. The molecule has 0 fully saturated rings. The average molecular weight is 335 g/mol. The molecule has 0 aromatic heterocycles. The van der Waals surface area contributed by atoms with E-state index in [-0.39, 0.29) is 11.4 Å². The molecule has 1 rings (SSSR count). The normalized spacial score (nSPS) is 12.0. The summed E-state index contributed by atoms with van der Waals surface area (Å²) in [5.41, 5.74) is 4.02. The predicted molar refractivity (Wildman–Crippen MR) is 77.7 cm³/mol. The Bertz CT molecular complexity index is 511. The number of nitrogens with two attached hydrogens (primary N) is 1. The van der Waals surface area contributed by atoms with Crippen LogP contribution in [0.25, 0.3) is 0 Å². The van der Waals surface area contributed by atoms with Crippen LogP contribution in [0.3, 0.4) is 0 Å². The molecule has 0 saturated carbocycles. The summed E-state index contributed by atoms with van der Waals surface area (Å²) in [5, 5.41) is 15.7. The van der Waals surface area contributed by atoms with Crippen molar-refractivity contribution in [3.05, 3.63) is 28.2 Å². The molecule has 0 aliphatic heterocycles. The van der Waals surface area contributed by atoms with Crippen LogP contribution in [-0.2, 0) is 9.59 Å². The van der Waals surface area contributed by atoms with Gasteiger partial charge in [0.2, 0.25) is 5.91 Å². The van der Waals surface area contributed by atoms with E-state index in [1.54, 1.807) is 23.5 Å². The van der Waals surface area contributed by atoms with Crippen molar-refractivity contribution in [2.24, 2.45) is 0 Å². The van der Waals surface area contributed by atoms with Gasteiger partial charge in [0.15, 0.2) is 0 Å². The summed E-state index contributed by atoms with van der Waals surface area (Å²) in [4.78, 5) is 22.9. The second kappa shape index (κ2) is 8.84. The van der Waals surface area contributed by atoms with Gasteiger partial charge in [-0.1, -0.05) is 29.3 Å². The fourth-order valence-corrected chi connectivity index (χ4v) is 2.08. The lowest BCUT2D eigenvalue weighted by Crippen LogP contribution is -2.93. The van der Waals surface area contributed by atoms with Crippen molar-refractivity contribution < 1.29 is 25.7 Å². The van der Waals surface area contributed by atoms with Crippen molar-refractivity contribution in [1.82, 2.24) is 0 Å². The van der Waals surface area contributed by atoms with E-state index in [1.807, 2.05) is 0 Å². The Kier molecular flexibility index (Phi) is 7.45. The number of halogens is 2. The highest BCUT2D eigenvalue weighted by atomic mass is 35.5. The number of hydrogen-bond donors (Lipinski definition) is 3. The van der Waals surface area contributed by atoms with E-state index >= 15 is 0 Å². The summed E-state index contributed by atoms with van der Waals surface area (Å²) in [6, 6.07) is 3.89. The molecule has 8 heteroatoms. The standard InChI is InChI=1S/C13H17Cl2N3O3/c14-8-3-1-4-9(12(8)15)18-11(19)7-10(13(20)21)17-6-2-5-16/h1,3-4,10,17H,2,5-7,16H2,(H,18,19)(H,20,21)/p+1/t10-/m1/s1. The molecular weight excluding hydrogens is 317 g/mol. The fourth-order valence-electron chi connectivity index (χ4n) is 1.73. The Morgan fingerprint density at radius 1 is 1.38 bits per heavy atom. The van der Waals surface area contributed by atoms with E-state index in [9.17, 15) is 14.7 Å². The van der Waals surface area contributed by atoms with Crippen molar-refractivity contribution in [1.29, 1.82) is 0 Å². The number of anilines is 1. The minimum Gasteiger partial charge on any atom is -0.544 e. The van der Waals surface area contributed by atoms with Crippen LogP contribution < -0.4 is 21.5 Å². The number of benzene rings is 1. The molecule has 1 amide bonds. The molecule has 1 atom stereocenters. The number of aliphatic carboxylic acids is 1. The van der Waals surface area contributed by atoms with Gasteiger partial charge in [0, 0.05) is 6.42 Å². The van der Waals surface area contributed by atoms with Gasteiger partial charge in [-0.2, -0.15) is 0 Å². The number of carboxylic acids is 1. The van der Waals surface area contributed by atoms with Crippen molar-refractivity contribution in [2.45, 2.75) is 18.9 Å². The van der Waals surface area contributed by atoms with Gasteiger partial charge in [0.25, 0.3) is 0 Å². The minimum absolute atomic E-state index is 0.206. The number of nitrogens with one attached hydrogen (secondary N) is 1. The molecule has 0 aliphatic carbocycles. The Morgan fingerprint density at radius 3 is 2.71 bits per heavy atom. The third-order valence-corrected chi connectivity index (χ3v) is 3.66. The Labute approximate surface area is 132 Å². The van der Waals surface area contributed by atoms with Crippen LogP contribution in [0.4, 0.5) is 5.69 Å². The summed E-state index contributed by atoms with van der Waals surface area (Å²) >= 11 is 11.8. The van der Waals surface area contributed by atoms with Gasteiger partial charge in [-0.15, -0.1) is 0 Å². The number of amides is 1. The maximum atomic E-state index is 11.9. The van der Waals surface area contributed by atoms with Crippen molar-refractivity contribution in [2.75, 3.05) is 18.4 Å². The number of hydrogen-bond acceptors (Lipinski definition) is 3. The highest BCUT2D eigenvalue weighted by Crippen LogP contribution is 2.29. The van der Waals surface area contributed by atoms with Crippen LogP contribution in [0.1, 0.15) is 12.8 Å². The minimum atomic E-state index is -1.27. The van der Waals surface area contributed by atoms with Gasteiger partial charge < -0.3 is 26.3 Å². The molecule has 0 aliphatic rings. The van der Waals surface area contributed by atoms with E-state index in [0.29, 0.717) is 23.8 Å². The average Bonchev–Trinajstić information content (AvgIpc) is 2.43. The first-order valence-electron chi connectivity index (χ1n) is 6.53. The second-order valence-corrected chi connectivity index (χ2v) is 5.30. The number of carboxylic acid groups (broad SMARTS) is 1. The van der Waals surface area contributed by atoms with Gasteiger partial charge in [-0.3, -0.25) is 4.79 Å². The van der Waals surface area contributed by atoms with Crippen LogP contribution in [-0.4, -0.2) is 31.0 Å². The first kappa shape index (κ1) is 17.7. The Morgan fingerprint density at radius 2 is 2.10 bits per heavy atom. The number of quaternary nitrogens is 2. The van der Waals surface area contributed by atoms with Crippen LogP contribution in [0, 0.1) is 0 Å². The second-order valence-electron chi connectivity index (χ2n) is 4.51. The van der Waals surface area contributed by atoms with Crippen molar-refractivity contribution in [3.63, 3.8) is 0 Å². The molecule has 21 heavy (non-hydrogen) atoms. The van der Waals surface area contributed by atoms with Crippen LogP contribution in [0.15, 0.2) is 18.2 Å². The molecule has 1 aromatic rings. The van der Waals surface area contributed by atoms with E-state index < -0.39 is 17.9 Å². The van der Waals surface area contributed by atoms with Gasteiger partial charge >= 0.3 is 0 Å². The zero-order valence-electron chi connectivity index (χ0n) is 11.4. The summed E-state index contributed by atoms with van der Waals surface area (Å²) in [6.07, 6.45) is 0.563. The highest BCUT2D eigenvalue weighted by Gasteiger charge is 2.19. The molecule has 0 saturated heterocycles. The third kappa shape index (κ3) is 5.89. The molecule has 0 spiro atoms. The van der Waals surface area contributed by atoms with Crippen LogP contribution in [0.2, 0.25) is 10.0 Å². The van der Waals surface area contributed by atoms with Gasteiger partial charge in [0.1, 0.15) is 6.04 Å². The molecular formula is C13H18Cl2N3O3+. The molecule has 0 bridgehead atoms. The Balaban J connectivity index is 2.61. The maximum absolute atomic E-state index is 11.9. The largest absolute Gasteiger partial charge is 0.544 e. The van der Waals surface area contributed by atoms with Crippen LogP contribution in [0.5, 0.6) is 0 Å². The summed E-state index contributed by atoms with van der Waals surface area (Å²) in [6.45, 7) is 1.29. The lowest BCUT2D eigenvalue weighted by atomic mass is 10.2. The quantitative estimate of drug-likeness (QED) is 0.510. The van der Waals surface area contributed by atoms with Gasteiger partial charge in [-0.25, -0.2) is 0 Å². The lowest BCUT2D eigenvalue weighted by Gasteiger charge is -2.16. The monoisotopic (exact) mass is 334 g/mol.